The fraction of sp³-hybridized carbons (Fsp3) is 0.556. The molecular formula is C18H28N2O5S. The van der Waals surface area contributed by atoms with Crippen LogP contribution in [0.5, 0.6) is 0 Å². The minimum Gasteiger partial charge on any atom is -0.480 e. The molecule has 0 radical (unpaired) electrons. The van der Waals surface area contributed by atoms with E-state index in [4.69, 9.17) is 5.11 Å². The SMILES string of the molecule is CCCN(CCC)S(=O)(=O)c1ccc(C(=O)N(CC(=O)O)C(C)C)cc1. The Bertz CT molecular complexity index is 708. The van der Waals surface area contributed by atoms with E-state index in [0.29, 0.717) is 25.9 Å². The topological polar surface area (TPSA) is 95.0 Å². The Morgan fingerprint density at radius 2 is 1.54 bits per heavy atom. The number of hydrogen-bond acceptors (Lipinski definition) is 4. The van der Waals surface area contributed by atoms with Gasteiger partial charge in [-0.1, -0.05) is 13.8 Å². The van der Waals surface area contributed by atoms with Gasteiger partial charge in [-0.2, -0.15) is 4.31 Å². The van der Waals surface area contributed by atoms with E-state index in [1.54, 1.807) is 13.8 Å². The molecule has 0 aromatic heterocycles. The van der Waals surface area contributed by atoms with E-state index in [1.165, 1.54) is 33.5 Å². The molecule has 26 heavy (non-hydrogen) atoms. The molecule has 1 amide bonds. The summed E-state index contributed by atoms with van der Waals surface area (Å²) in [5.74, 6) is -1.54. The Labute approximate surface area is 155 Å². The van der Waals surface area contributed by atoms with Crippen LogP contribution < -0.4 is 0 Å². The summed E-state index contributed by atoms with van der Waals surface area (Å²) in [6, 6.07) is 5.39. The van der Waals surface area contributed by atoms with Gasteiger partial charge >= 0.3 is 5.97 Å². The van der Waals surface area contributed by atoms with E-state index in [-0.39, 0.29) is 16.5 Å². The molecule has 0 saturated heterocycles. The van der Waals surface area contributed by atoms with Gasteiger partial charge in [-0.15, -0.1) is 0 Å². The fourth-order valence-corrected chi connectivity index (χ4v) is 4.19. The highest BCUT2D eigenvalue weighted by molar-refractivity contribution is 7.89. The maximum atomic E-state index is 12.7. The molecule has 0 aliphatic rings. The van der Waals surface area contributed by atoms with Crippen molar-refractivity contribution in [2.75, 3.05) is 19.6 Å². The Balaban J connectivity index is 3.10. The van der Waals surface area contributed by atoms with E-state index in [1.807, 2.05) is 13.8 Å². The quantitative estimate of drug-likeness (QED) is 0.668. The van der Waals surface area contributed by atoms with Crippen molar-refractivity contribution in [3.8, 4) is 0 Å². The van der Waals surface area contributed by atoms with E-state index >= 15 is 0 Å². The summed E-state index contributed by atoms with van der Waals surface area (Å²) >= 11 is 0. The number of sulfonamides is 1. The molecule has 0 unspecified atom stereocenters. The molecule has 1 rings (SSSR count). The van der Waals surface area contributed by atoms with E-state index in [2.05, 4.69) is 0 Å². The summed E-state index contributed by atoms with van der Waals surface area (Å²) in [7, 11) is -3.61. The van der Waals surface area contributed by atoms with Crippen LogP contribution in [-0.2, 0) is 14.8 Å². The molecule has 0 spiro atoms. The van der Waals surface area contributed by atoms with E-state index < -0.39 is 28.4 Å². The van der Waals surface area contributed by atoms with Crippen LogP contribution in [0.1, 0.15) is 50.9 Å². The number of carbonyl (C=O) groups excluding carboxylic acids is 1. The second-order valence-electron chi connectivity index (χ2n) is 6.35. The van der Waals surface area contributed by atoms with Crippen LogP contribution in [0.15, 0.2) is 29.2 Å². The lowest BCUT2D eigenvalue weighted by atomic mass is 10.1. The molecule has 7 nitrogen and oxygen atoms in total. The summed E-state index contributed by atoms with van der Waals surface area (Å²) < 4.78 is 26.9. The highest BCUT2D eigenvalue weighted by Gasteiger charge is 2.25. The van der Waals surface area contributed by atoms with Crippen molar-refractivity contribution in [2.24, 2.45) is 0 Å². The Kier molecular flexibility index (Phi) is 8.23. The normalized spacial score (nSPS) is 11.8. The number of rotatable bonds is 10. The first-order valence-electron chi connectivity index (χ1n) is 8.78. The molecular weight excluding hydrogens is 356 g/mol. The van der Waals surface area contributed by atoms with Gasteiger partial charge in [0.15, 0.2) is 0 Å². The molecule has 0 bridgehead atoms. The third-order valence-electron chi connectivity index (χ3n) is 3.87. The van der Waals surface area contributed by atoms with Crippen molar-refractivity contribution in [1.82, 2.24) is 9.21 Å². The van der Waals surface area contributed by atoms with Gasteiger partial charge < -0.3 is 10.0 Å². The molecule has 1 aromatic rings. The van der Waals surface area contributed by atoms with Crippen molar-refractivity contribution in [3.05, 3.63) is 29.8 Å². The molecule has 0 fully saturated rings. The zero-order chi connectivity index (χ0) is 19.9. The predicted molar refractivity (Wildman–Crippen MR) is 99.6 cm³/mol. The van der Waals surface area contributed by atoms with E-state index in [0.717, 1.165) is 0 Å². The molecule has 146 valence electrons. The lowest BCUT2D eigenvalue weighted by Crippen LogP contribution is -2.40. The summed E-state index contributed by atoms with van der Waals surface area (Å²) in [6.45, 7) is 7.77. The summed E-state index contributed by atoms with van der Waals surface area (Å²) in [6.07, 6.45) is 1.43. The Morgan fingerprint density at radius 1 is 1.04 bits per heavy atom. The molecule has 1 N–H and O–H groups in total. The third kappa shape index (κ3) is 5.54. The van der Waals surface area contributed by atoms with Crippen LogP contribution >= 0.6 is 0 Å². The minimum atomic E-state index is -3.61. The maximum Gasteiger partial charge on any atom is 0.323 e. The molecule has 0 aliphatic heterocycles. The lowest BCUT2D eigenvalue weighted by molar-refractivity contribution is -0.138. The van der Waals surface area contributed by atoms with Crippen molar-refractivity contribution < 1.29 is 23.1 Å². The number of aliphatic carboxylic acids is 1. The number of carboxylic acids is 1. The molecule has 0 aliphatic carbocycles. The van der Waals surface area contributed by atoms with Gasteiger partial charge in [0.1, 0.15) is 6.54 Å². The summed E-state index contributed by atoms with van der Waals surface area (Å²) in [4.78, 5) is 24.8. The summed E-state index contributed by atoms with van der Waals surface area (Å²) in [5.41, 5.74) is 0.261. The smallest absolute Gasteiger partial charge is 0.323 e. The number of benzene rings is 1. The Hall–Kier alpha value is -1.93. The number of carbonyl (C=O) groups is 2. The van der Waals surface area contributed by atoms with Crippen molar-refractivity contribution in [2.45, 2.75) is 51.5 Å². The van der Waals surface area contributed by atoms with Gasteiger partial charge in [-0.05, 0) is 51.0 Å². The highest BCUT2D eigenvalue weighted by atomic mass is 32.2. The zero-order valence-corrected chi connectivity index (χ0v) is 16.6. The first-order valence-corrected chi connectivity index (χ1v) is 10.2. The first kappa shape index (κ1) is 22.1. The van der Waals surface area contributed by atoms with Crippen molar-refractivity contribution in [1.29, 1.82) is 0 Å². The lowest BCUT2D eigenvalue weighted by Gasteiger charge is -2.25. The standard InChI is InChI=1S/C18H28N2O5S/c1-5-11-19(12-6-2)26(24,25)16-9-7-15(8-10-16)18(23)20(14(3)4)13-17(21)22/h7-10,14H,5-6,11-13H2,1-4H3,(H,21,22). The number of hydrogen-bond donors (Lipinski definition) is 1. The number of carboxylic acid groups (broad SMARTS) is 1. The summed E-state index contributed by atoms with van der Waals surface area (Å²) in [5, 5.41) is 8.96. The number of nitrogens with zero attached hydrogens (tertiary/aromatic N) is 2. The van der Waals surface area contributed by atoms with Crippen LogP contribution in [0.4, 0.5) is 0 Å². The first-order chi connectivity index (χ1) is 12.1. The molecule has 8 heteroatoms. The van der Waals surface area contributed by atoms with Gasteiger partial charge in [-0.25, -0.2) is 8.42 Å². The van der Waals surface area contributed by atoms with E-state index in [9.17, 15) is 18.0 Å². The van der Waals surface area contributed by atoms with Crippen LogP contribution in [0, 0.1) is 0 Å². The molecule has 0 atom stereocenters. The minimum absolute atomic E-state index is 0.130. The van der Waals surface area contributed by atoms with Gasteiger partial charge in [-0.3, -0.25) is 9.59 Å². The second kappa shape index (κ2) is 9.68. The molecule has 1 aromatic carbocycles. The largest absolute Gasteiger partial charge is 0.480 e. The van der Waals surface area contributed by atoms with Crippen LogP contribution in [-0.4, -0.2) is 60.3 Å². The molecule has 0 saturated carbocycles. The van der Waals surface area contributed by atoms with Crippen LogP contribution in [0.2, 0.25) is 0 Å². The van der Waals surface area contributed by atoms with Crippen LogP contribution in [0.25, 0.3) is 0 Å². The van der Waals surface area contributed by atoms with Crippen LogP contribution in [0.3, 0.4) is 0 Å². The molecule has 0 heterocycles. The van der Waals surface area contributed by atoms with Crippen molar-refractivity contribution in [3.63, 3.8) is 0 Å². The van der Waals surface area contributed by atoms with Gasteiger partial charge in [0.2, 0.25) is 10.0 Å². The fourth-order valence-electron chi connectivity index (χ4n) is 2.57. The average molecular weight is 384 g/mol. The Morgan fingerprint density at radius 3 is 1.92 bits per heavy atom. The highest BCUT2D eigenvalue weighted by Crippen LogP contribution is 2.18. The predicted octanol–water partition coefficient (Wildman–Crippen LogP) is 2.43. The second-order valence-corrected chi connectivity index (χ2v) is 8.29. The third-order valence-corrected chi connectivity index (χ3v) is 5.79. The monoisotopic (exact) mass is 384 g/mol. The van der Waals surface area contributed by atoms with Gasteiger partial charge in [0.05, 0.1) is 4.90 Å². The van der Waals surface area contributed by atoms with Crippen molar-refractivity contribution >= 4 is 21.9 Å². The zero-order valence-electron chi connectivity index (χ0n) is 15.8. The number of amides is 1. The van der Waals surface area contributed by atoms with Gasteiger partial charge in [0, 0.05) is 24.7 Å². The maximum absolute atomic E-state index is 12.7. The average Bonchev–Trinajstić information content (AvgIpc) is 2.58. The van der Waals surface area contributed by atoms with Gasteiger partial charge in [0.25, 0.3) is 5.91 Å².